The number of hydrogen-bond donors (Lipinski definition) is 2. The van der Waals surface area contributed by atoms with Gasteiger partial charge in [0.15, 0.2) is 11.5 Å². The number of nitrogens with one attached hydrogen (secondary N) is 2. The number of fused-ring (bicyclic) bond motifs is 2. The summed E-state index contributed by atoms with van der Waals surface area (Å²) in [6.07, 6.45) is 1.85. The normalized spacial score (nSPS) is 20.8. The number of carbonyl (C=O) groups is 3. The summed E-state index contributed by atoms with van der Waals surface area (Å²) in [6.45, 7) is 11.5. The highest BCUT2D eigenvalue weighted by molar-refractivity contribution is 6.00. The van der Waals surface area contributed by atoms with Crippen LogP contribution in [0.25, 0.3) is 11.1 Å². The van der Waals surface area contributed by atoms with Gasteiger partial charge in [-0.3, -0.25) is 14.4 Å². The summed E-state index contributed by atoms with van der Waals surface area (Å²) in [5, 5.41) is 6.13. The SMILES string of the molecule is Cc1nc2ccc([C@H](C(=O)NC(C)(C)C)N3C(=O)[C@@H](C4Cc5ccccc5C4)NC(=O)[C@H]3CC(C)C)cc2o1. The molecule has 39 heavy (non-hydrogen) atoms. The molecule has 1 aromatic heterocycles. The number of nitrogens with zero attached hydrogens (tertiary/aromatic N) is 2. The van der Waals surface area contributed by atoms with E-state index in [0.29, 0.717) is 41.8 Å². The van der Waals surface area contributed by atoms with Crippen LogP contribution in [0.3, 0.4) is 0 Å². The number of aromatic nitrogens is 1. The Morgan fingerprint density at radius 3 is 2.41 bits per heavy atom. The first-order chi connectivity index (χ1) is 18.4. The fourth-order valence-corrected chi connectivity index (χ4v) is 5.98. The van der Waals surface area contributed by atoms with Crippen molar-refractivity contribution in [3.8, 4) is 0 Å². The molecule has 206 valence electrons. The molecule has 0 spiro atoms. The van der Waals surface area contributed by atoms with Gasteiger partial charge in [-0.25, -0.2) is 4.98 Å². The van der Waals surface area contributed by atoms with Crippen molar-refractivity contribution < 1.29 is 18.8 Å². The largest absolute Gasteiger partial charge is 0.441 e. The second-order valence-electron chi connectivity index (χ2n) is 12.4. The lowest BCUT2D eigenvalue weighted by atomic mass is 9.87. The minimum atomic E-state index is -1.01. The van der Waals surface area contributed by atoms with E-state index < -0.39 is 23.7 Å². The Labute approximate surface area is 229 Å². The number of hydrogen-bond acceptors (Lipinski definition) is 5. The summed E-state index contributed by atoms with van der Waals surface area (Å²) in [6, 6.07) is 11.1. The lowest BCUT2D eigenvalue weighted by molar-refractivity contribution is -0.158. The Kier molecular flexibility index (Phi) is 6.99. The number of rotatable bonds is 6. The molecule has 2 aromatic carbocycles. The van der Waals surface area contributed by atoms with Gasteiger partial charge in [-0.05, 0) is 80.7 Å². The van der Waals surface area contributed by atoms with E-state index in [9.17, 15) is 14.4 Å². The van der Waals surface area contributed by atoms with Crippen molar-refractivity contribution in [1.82, 2.24) is 20.5 Å². The predicted molar refractivity (Wildman–Crippen MR) is 149 cm³/mol. The van der Waals surface area contributed by atoms with Crippen molar-refractivity contribution in [2.75, 3.05) is 0 Å². The van der Waals surface area contributed by atoms with E-state index in [2.05, 4.69) is 27.8 Å². The molecule has 1 fully saturated rings. The minimum absolute atomic E-state index is 0.0768. The summed E-state index contributed by atoms with van der Waals surface area (Å²) in [7, 11) is 0. The highest BCUT2D eigenvalue weighted by atomic mass is 16.3. The zero-order chi connectivity index (χ0) is 28.1. The van der Waals surface area contributed by atoms with Crippen LogP contribution in [0.2, 0.25) is 0 Å². The molecule has 0 unspecified atom stereocenters. The van der Waals surface area contributed by atoms with E-state index >= 15 is 0 Å². The van der Waals surface area contributed by atoms with Gasteiger partial charge in [-0.15, -0.1) is 0 Å². The summed E-state index contributed by atoms with van der Waals surface area (Å²) in [5.41, 5.74) is 3.67. The molecular weight excluding hydrogens is 492 g/mol. The second-order valence-corrected chi connectivity index (χ2v) is 12.4. The number of piperazine rings is 1. The minimum Gasteiger partial charge on any atom is -0.441 e. The van der Waals surface area contributed by atoms with Crippen LogP contribution in [-0.4, -0.2) is 45.2 Å². The first-order valence-electron chi connectivity index (χ1n) is 13.8. The van der Waals surface area contributed by atoms with Gasteiger partial charge in [-0.1, -0.05) is 44.2 Å². The van der Waals surface area contributed by atoms with Crippen molar-refractivity contribution in [1.29, 1.82) is 0 Å². The fourth-order valence-electron chi connectivity index (χ4n) is 5.98. The lowest BCUT2D eigenvalue weighted by Crippen LogP contribution is -2.67. The number of carbonyl (C=O) groups excluding carboxylic acids is 3. The average Bonchev–Trinajstić information content (AvgIpc) is 3.43. The zero-order valence-electron chi connectivity index (χ0n) is 23.6. The second kappa shape index (κ2) is 10.1. The number of oxazole rings is 1. The van der Waals surface area contributed by atoms with E-state index in [4.69, 9.17) is 4.42 Å². The molecule has 5 rings (SSSR count). The van der Waals surface area contributed by atoms with Gasteiger partial charge < -0.3 is 20.0 Å². The van der Waals surface area contributed by atoms with E-state index in [1.807, 2.05) is 52.8 Å². The van der Waals surface area contributed by atoms with E-state index in [0.717, 1.165) is 0 Å². The van der Waals surface area contributed by atoms with E-state index in [1.54, 1.807) is 24.0 Å². The van der Waals surface area contributed by atoms with Crippen LogP contribution < -0.4 is 10.6 Å². The molecular formula is C31H38N4O4. The molecule has 3 atom stereocenters. The van der Waals surface area contributed by atoms with Crippen LogP contribution in [0.4, 0.5) is 0 Å². The van der Waals surface area contributed by atoms with Gasteiger partial charge >= 0.3 is 0 Å². The van der Waals surface area contributed by atoms with Gasteiger partial charge in [-0.2, -0.15) is 0 Å². The maximum atomic E-state index is 14.4. The standard InChI is InChI=1S/C31H38N4O4/c1-17(2)13-24-28(36)33-26(22-14-19-9-7-8-10-20(19)15-22)30(38)35(24)27(29(37)34-31(4,5)6)21-11-12-23-25(16-21)39-18(3)32-23/h7-12,16-17,22,24,26-27H,13-15H2,1-6H3,(H,33,36)(H,34,37)/t24-,26-,27-/m1/s1. The maximum Gasteiger partial charge on any atom is 0.247 e. The van der Waals surface area contributed by atoms with E-state index in [-0.39, 0.29) is 29.6 Å². The first kappa shape index (κ1) is 26.9. The molecule has 8 nitrogen and oxygen atoms in total. The van der Waals surface area contributed by atoms with Crippen LogP contribution in [0.5, 0.6) is 0 Å². The van der Waals surface area contributed by atoms with Crippen molar-refractivity contribution in [3.63, 3.8) is 0 Å². The molecule has 8 heteroatoms. The summed E-state index contributed by atoms with van der Waals surface area (Å²) < 4.78 is 5.78. The maximum absolute atomic E-state index is 14.4. The monoisotopic (exact) mass is 530 g/mol. The topological polar surface area (TPSA) is 105 Å². The number of benzene rings is 2. The van der Waals surface area contributed by atoms with Crippen LogP contribution in [-0.2, 0) is 27.2 Å². The van der Waals surface area contributed by atoms with Gasteiger partial charge in [0, 0.05) is 12.5 Å². The van der Waals surface area contributed by atoms with Crippen LogP contribution >= 0.6 is 0 Å². The van der Waals surface area contributed by atoms with Gasteiger partial charge in [0.25, 0.3) is 0 Å². The van der Waals surface area contributed by atoms with Crippen molar-refractivity contribution in [3.05, 3.63) is 65.0 Å². The smallest absolute Gasteiger partial charge is 0.247 e. The fraction of sp³-hybridized carbons (Fsp3) is 0.484. The third-order valence-corrected chi connectivity index (χ3v) is 7.57. The third-order valence-electron chi connectivity index (χ3n) is 7.57. The molecule has 2 aliphatic rings. The predicted octanol–water partition coefficient (Wildman–Crippen LogP) is 4.25. The Balaban J connectivity index is 1.59. The molecule has 0 bridgehead atoms. The van der Waals surface area contributed by atoms with Crippen LogP contribution in [0.1, 0.15) is 69.7 Å². The average molecular weight is 531 g/mol. The van der Waals surface area contributed by atoms with Crippen LogP contribution in [0, 0.1) is 18.8 Å². The quantitative estimate of drug-likeness (QED) is 0.496. The zero-order valence-corrected chi connectivity index (χ0v) is 23.6. The van der Waals surface area contributed by atoms with E-state index in [1.165, 1.54) is 11.1 Å². The Morgan fingerprint density at radius 1 is 1.13 bits per heavy atom. The highest BCUT2D eigenvalue weighted by Crippen LogP contribution is 2.36. The first-order valence-corrected chi connectivity index (χ1v) is 13.8. The van der Waals surface area contributed by atoms with Gasteiger partial charge in [0.1, 0.15) is 23.6 Å². The number of amides is 3. The van der Waals surface area contributed by atoms with Crippen molar-refractivity contribution >= 4 is 28.8 Å². The molecule has 2 N–H and O–H groups in total. The molecule has 1 aliphatic carbocycles. The molecule has 3 amide bonds. The van der Waals surface area contributed by atoms with Gasteiger partial charge in [0.2, 0.25) is 17.7 Å². The van der Waals surface area contributed by atoms with Crippen molar-refractivity contribution in [2.45, 2.75) is 84.5 Å². The summed E-state index contributed by atoms with van der Waals surface area (Å²) >= 11 is 0. The summed E-state index contributed by atoms with van der Waals surface area (Å²) in [4.78, 5) is 48.1. The summed E-state index contributed by atoms with van der Waals surface area (Å²) in [5.74, 6) is -0.190. The molecule has 0 saturated carbocycles. The Bertz CT molecular complexity index is 1390. The highest BCUT2D eigenvalue weighted by Gasteiger charge is 2.49. The molecule has 2 heterocycles. The number of aryl methyl sites for hydroxylation is 1. The molecule has 1 saturated heterocycles. The molecule has 3 aromatic rings. The lowest BCUT2D eigenvalue weighted by Gasteiger charge is -2.45. The van der Waals surface area contributed by atoms with Crippen LogP contribution in [0.15, 0.2) is 46.9 Å². The molecule has 1 aliphatic heterocycles. The molecule has 0 radical (unpaired) electrons. The Hall–Kier alpha value is -3.68. The third kappa shape index (κ3) is 5.42. The van der Waals surface area contributed by atoms with Crippen molar-refractivity contribution in [2.24, 2.45) is 11.8 Å². The van der Waals surface area contributed by atoms with Gasteiger partial charge in [0.05, 0.1) is 0 Å². The Morgan fingerprint density at radius 2 is 1.79 bits per heavy atom.